The summed E-state index contributed by atoms with van der Waals surface area (Å²) in [5, 5.41) is 0. The van der Waals surface area contributed by atoms with Gasteiger partial charge in [0.25, 0.3) is 0 Å². The molecule has 1 aliphatic heterocycles. The summed E-state index contributed by atoms with van der Waals surface area (Å²) in [6, 6.07) is 6.63. The van der Waals surface area contributed by atoms with Crippen molar-refractivity contribution in [3.05, 3.63) is 35.6 Å². The van der Waals surface area contributed by atoms with Crippen LogP contribution in [-0.4, -0.2) is 31.6 Å². The van der Waals surface area contributed by atoms with Gasteiger partial charge in [0.1, 0.15) is 5.82 Å². The Morgan fingerprint density at radius 1 is 1.50 bits per heavy atom. The van der Waals surface area contributed by atoms with Crippen molar-refractivity contribution >= 4 is 0 Å². The molecule has 1 aromatic rings. The lowest BCUT2D eigenvalue weighted by atomic mass is 10.1. The van der Waals surface area contributed by atoms with Crippen LogP contribution in [-0.2, 0) is 4.74 Å². The summed E-state index contributed by atoms with van der Waals surface area (Å²) in [6.07, 6.45) is 0.0180. The van der Waals surface area contributed by atoms with Crippen molar-refractivity contribution in [2.75, 3.05) is 26.7 Å². The monoisotopic (exact) mass is 195 g/mol. The Hall–Kier alpha value is -0.930. The zero-order valence-corrected chi connectivity index (χ0v) is 8.24. The van der Waals surface area contributed by atoms with E-state index in [1.165, 1.54) is 6.07 Å². The van der Waals surface area contributed by atoms with E-state index in [-0.39, 0.29) is 11.9 Å². The number of hydrogen-bond acceptors (Lipinski definition) is 2. The highest BCUT2D eigenvalue weighted by molar-refractivity contribution is 5.19. The molecule has 0 radical (unpaired) electrons. The molecular formula is C11H14FNO. The minimum Gasteiger partial charge on any atom is -0.371 e. The van der Waals surface area contributed by atoms with Crippen molar-refractivity contribution < 1.29 is 9.13 Å². The van der Waals surface area contributed by atoms with E-state index in [0.29, 0.717) is 0 Å². The first kappa shape index (κ1) is 9.62. The topological polar surface area (TPSA) is 12.5 Å². The second-order valence-electron chi connectivity index (χ2n) is 3.68. The smallest absolute Gasteiger partial charge is 0.123 e. The summed E-state index contributed by atoms with van der Waals surface area (Å²) in [5.41, 5.74) is 0.927. The van der Waals surface area contributed by atoms with Gasteiger partial charge in [-0.25, -0.2) is 4.39 Å². The Kier molecular flexibility index (Phi) is 2.79. The highest BCUT2D eigenvalue weighted by Gasteiger charge is 2.19. The lowest BCUT2D eigenvalue weighted by molar-refractivity contribution is -0.0210. The van der Waals surface area contributed by atoms with Crippen molar-refractivity contribution in [2.45, 2.75) is 6.10 Å². The number of rotatable bonds is 1. The molecular weight excluding hydrogens is 181 g/mol. The van der Waals surface area contributed by atoms with Crippen LogP contribution in [0.4, 0.5) is 4.39 Å². The summed E-state index contributed by atoms with van der Waals surface area (Å²) >= 11 is 0. The maximum Gasteiger partial charge on any atom is 0.123 e. The van der Waals surface area contributed by atoms with E-state index in [4.69, 9.17) is 4.74 Å². The van der Waals surface area contributed by atoms with Gasteiger partial charge in [-0.05, 0) is 24.7 Å². The summed E-state index contributed by atoms with van der Waals surface area (Å²) in [7, 11) is 2.05. The third-order valence-corrected chi connectivity index (χ3v) is 2.49. The molecule has 1 atom stereocenters. The molecule has 0 saturated carbocycles. The van der Waals surface area contributed by atoms with Gasteiger partial charge in [-0.2, -0.15) is 0 Å². The molecule has 76 valence electrons. The Morgan fingerprint density at radius 3 is 3.07 bits per heavy atom. The van der Waals surface area contributed by atoms with Gasteiger partial charge in [0, 0.05) is 13.1 Å². The largest absolute Gasteiger partial charge is 0.371 e. The van der Waals surface area contributed by atoms with Crippen molar-refractivity contribution in [3.8, 4) is 0 Å². The highest BCUT2D eigenvalue weighted by atomic mass is 19.1. The molecule has 2 nitrogen and oxygen atoms in total. The lowest BCUT2D eigenvalue weighted by Gasteiger charge is -2.30. The number of hydrogen-bond donors (Lipinski definition) is 0. The van der Waals surface area contributed by atoms with Crippen LogP contribution in [0.3, 0.4) is 0 Å². The predicted octanol–water partition coefficient (Wildman–Crippen LogP) is 1.83. The van der Waals surface area contributed by atoms with Crippen LogP contribution in [0.2, 0.25) is 0 Å². The fourth-order valence-electron chi connectivity index (χ4n) is 1.69. The van der Waals surface area contributed by atoms with E-state index in [1.807, 2.05) is 6.07 Å². The second kappa shape index (κ2) is 4.07. The van der Waals surface area contributed by atoms with E-state index in [2.05, 4.69) is 11.9 Å². The Labute approximate surface area is 83.3 Å². The first-order valence-electron chi connectivity index (χ1n) is 4.81. The number of halogens is 1. The number of benzene rings is 1. The Bertz CT molecular complexity index is 316. The molecule has 1 heterocycles. The van der Waals surface area contributed by atoms with E-state index >= 15 is 0 Å². The first-order valence-corrected chi connectivity index (χ1v) is 4.81. The summed E-state index contributed by atoms with van der Waals surface area (Å²) < 4.78 is 18.5. The molecule has 1 fully saturated rings. The second-order valence-corrected chi connectivity index (χ2v) is 3.68. The average Bonchev–Trinajstić information content (AvgIpc) is 2.18. The molecule has 1 unspecified atom stereocenters. The van der Waals surface area contributed by atoms with Crippen molar-refractivity contribution in [1.29, 1.82) is 0 Å². The minimum atomic E-state index is -0.195. The van der Waals surface area contributed by atoms with Crippen LogP contribution in [0, 0.1) is 5.82 Å². The maximum absolute atomic E-state index is 13.0. The molecule has 1 saturated heterocycles. The van der Waals surface area contributed by atoms with Crippen molar-refractivity contribution in [1.82, 2.24) is 4.90 Å². The number of nitrogens with zero attached hydrogens (tertiary/aromatic N) is 1. The van der Waals surface area contributed by atoms with Crippen LogP contribution in [0.15, 0.2) is 24.3 Å². The van der Waals surface area contributed by atoms with Gasteiger partial charge in [0.2, 0.25) is 0 Å². The molecule has 1 aromatic carbocycles. The number of morpholine rings is 1. The Balaban J connectivity index is 2.14. The van der Waals surface area contributed by atoms with Crippen LogP contribution in [0.1, 0.15) is 11.7 Å². The summed E-state index contributed by atoms with van der Waals surface area (Å²) in [6.45, 7) is 2.51. The molecule has 0 aliphatic carbocycles. The van der Waals surface area contributed by atoms with Crippen LogP contribution in [0.5, 0.6) is 0 Å². The SMILES string of the molecule is CN1CCOC(c2cccc(F)c2)C1. The standard InChI is InChI=1S/C11H14FNO/c1-13-5-6-14-11(8-13)9-3-2-4-10(12)7-9/h2-4,7,11H,5-6,8H2,1H3. The van der Waals surface area contributed by atoms with Gasteiger partial charge in [0.15, 0.2) is 0 Å². The van der Waals surface area contributed by atoms with E-state index in [0.717, 1.165) is 25.3 Å². The quantitative estimate of drug-likeness (QED) is 0.677. The van der Waals surface area contributed by atoms with Gasteiger partial charge in [0.05, 0.1) is 12.7 Å². The van der Waals surface area contributed by atoms with Gasteiger partial charge in [-0.15, -0.1) is 0 Å². The zero-order valence-electron chi connectivity index (χ0n) is 8.24. The zero-order chi connectivity index (χ0) is 9.97. The fourth-order valence-corrected chi connectivity index (χ4v) is 1.69. The molecule has 2 rings (SSSR count). The predicted molar refractivity (Wildman–Crippen MR) is 52.6 cm³/mol. The minimum absolute atomic E-state index is 0.0180. The van der Waals surface area contributed by atoms with Gasteiger partial charge < -0.3 is 9.64 Å². The molecule has 0 aromatic heterocycles. The van der Waals surface area contributed by atoms with Gasteiger partial charge >= 0.3 is 0 Å². The van der Waals surface area contributed by atoms with Crippen LogP contribution < -0.4 is 0 Å². The molecule has 0 bridgehead atoms. The lowest BCUT2D eigenvalue weighted by Crippen LogP contribution is -2.35. The van der Waals surface area contributed by atoms with Crippen LogP contribution >= 0.6 is 0 Å². The van der Waals surface area contributed by atoms with Crippen molar-refractivity contribution in [2.24, 2.45) is 0 Å². The average molecular weight is 195 g/mol. The third kappa shape index (κ3) is 2.11. The molecule has 14 heavy (non-hydrogen) atoms. The molecule has 0 N–H and O–H groups in total. The fraction of sp³-hybridized carbons (Fsp3) is 0.455. The number of ether oxygens (including phenoxy) is 1. The molecule has 3 heteroatoms. The maximum atomic E-state index is 13.0. The third-order valence-electron chi connectivity index (χ3n) is 2.49. The van der Waals surface area contributed by atoms with E-state index in [1.54, 1.807) is 12.1 Å². The summed E-state index contributed by atoms with van der Waals surface area (Å²) in [5.74, 6) is -0.195. The van der Waals surface area contributed by atoms with Crippen molar-refractivity contribution in [3.63, 3.8) is 0 Å². The van der Waals surface area contributed by atoms with Gasteiger partial charge in [-0.1, -0.05) is 12.1 Å². The molecule has 0 spiro atoms. The van der Waals surface area contributed by atoms with E-state index < -0.39 is 0 Å². The van der Waals surface area contributed by atoms with Crippen LogP contribution in [0.25, 0.3) is 0 Å². The normalized spacial score (nSPS) is 23.7. The summed E-state index contributed by atoms with van der Waals surface area (Å²) in [4.78, 5) is 2.19. The highest BCUT2D eigenvalue weighted by Crippen LogP contribution is 2.21. The Morgan fingerprint density at radius 2 is 2.36 bits per heavy atom. The van der Waals surface area contributed by atoms with E-state index in [9.17, 15) is 4.39 Å². The molecule has 0 amide bonds. The molecule has 1 aliphatic rings. The first-order chi connectivity index (χ1) is 6.75. The number of likely N-dealkylation sites (N-methyl/N-ethyl adjacent to an activating group) is 1. The van der Waals surface area contributed by atoms with Gasteiger partial charge in [-0.3, -0.25) is 0 Å².